The summed E-state index contributed by atoms with van der Waals surface area (Å²) in [6, 6.07) is 4.74. The van der Waals surface area contributed by atoms with E-state index in [0.717, 1.165) is 35.7 Å². The fourth-order valence-electron chi connectivity index (χ4n) is 5.05. The van der Waals surface area contributed by atoms with Crippen LogP contribution in [-0.4, -0.2) is 88.7 Å². The number of benzene rings is 1. The summed E-state index contributed by atoms with van der Waals surface area (Å²) in [5, 5.41) is 2.59. The van der Waals surface area contributed by atoms with Gasteiger partial charge in [-0.3, -0.25) is 38.6 Å². The van der Waals surface area contributed by atoms with Gasteiger partial charge in [0.2, 0.25) is 11.8 Å². The third-order valence-corrected chi connectivity index (χ3v) is 6.82. The van der Waals surface area contributed by atoms with Gasteiger partial charge in [0.25, 0.3) is 17.7 Å². The van der Waals surface area contributed by atoms with Crippen molar-refractivity contribution in [3.63, 3.8) is 0 Å². The second-order valence-electron chi connectivity index (χ2n) is 9.54. The summed E-state index contributed by atoms with van der Waals surface area (Å²) in [5.74, 6) is -3.58. The Labute approximate surface area is 208 Å². The third kappa shape index (κ3) is 4.88. The second-order valence-corrected chi connectivity index (χ2v) is 9.54. The van der Waals surface area contributed by atoms with Crippen LogP contribution in [0.4, 0.5) is 0 Å². The van der Waals surface area contributed by atoms with E-state index in [9.17, 15) is 28.8 Å². The van der Waals surface area contributed by atoms with Crippen molar-refractivity contribution in [2.75, 3.05) is 26.4 Å². The number of rotatable bonds is 8. The first-order valence-corrected chi connectivity index (χ1v) is 12.2. The van der Waals surface area contributed by atoms with Gasteiger partial charge in [0.1, 0.15) is 12.6 Å². The lowest BCUT2D eigenvalue weighted by Gasteiger charge is -2.34. The molecule has 0 aromatic heterocycles. The Hall–Kier alpha value is -3.60. The molecule has 2 atom stereocenters. The van der Waals surface area contributed by atoms with E-state index < -0.39 is 48.9 Å². The van der Waals surface area contributed by atoms with Gasteiger partial charge < -0.3 is 10.1 Å². The molecule has 2 saturated heterocycles. The van der Waals surface area contributed by atoms with Crippen molar-refractivity contribution >= 4 is 35.5 Å². The molecule has 36 heavy (non-hydrogen) atoms. The zero-order chi connectivity index (χ0) is 26.0. The number of imide groups is 2. The number of fused-ring (bicyclic) bond motifs is 1. The van der Waals surface area contributed by atoms with Gasteiger partial charge in [0.05, 0.1) is 17.2 Å². The SMILES string of the molecule is CC(C)C(C(=O)NCC(=O)OCN1C(=O)CC[C@H](N2C(=O)c3ccccc3C2=O)C1=O)N1CCCC1. The van der Waals surface area contributed by atoms with E-state index in [1.165, 1.54) is 12.1 Å². The average molecular weight is 499 g/mol. The zero-order valence-electron chi connectivity index (χ0n) is 20.4. The maximum absolute atomic E-state index is 13.0. The summed E-state index contributed by atoms with van der Waals surface area (Å²) in [6.07, 6.45) is 1.96. The summed E-state index contributed by atoms with van der Waals surface area (Å²) in [7, 11) is 0. The largest absolute Gasteiger partial charge is 0.442 e. The number of carbonyl (C=O) groups excluding carboxylic acids is 6. The molecular formula is C25H30N4O7. The van der Waals surface area contributed by atoms with Gasteiger partial charge in [-0.15, -0.1) is 0 Å². The molecule has 3 aliphatic rings. The molecule has 192 valence electrons. The smallest absolute Gasteiger partial charge is 0.327 e. The second kappa shape index (κ2) is 10.6. The van der Waals surface area contributed by atoms with Crippen LogP contribution in [0.1, 0.15) is 60.2 Å². The van der Waals surface area contributed by atoms with E-state index in [1.54, 1.807) is 12.1 Å². The summed E-state index contributed by atoms with van der Waals surface area (Å²) in [6.45, 7) is 4.47. The number of piperidine rings is 1. The Morgan fingerprint density at radius 2 is 1.64 bits per heavy atom. The predicted molar refractivity (Wildman–Crippen MR) is 125 cm³/mol. The number of hydrogen-bond donors (Lipinski definition) is 1. The number of hydrogen-bond acceptors (Lipinski definition) is 8. The normalized spacial score (nSPS) is 21.2. The van der Waals surface area contributed by atoms with Crippen molar-refractivity contribution in [2.45, 2.75) is 51.6 Å². The van der Waals surface area contributed by atoms with Gasteiger partial charge >= 0.3 is 5.97 Å². The van der Waals surface area contributed by atoms with Crippen LogP contribution in [0.5, 0.6) is 0 Å². The van der Waals surface area contributed by atoms with Crippen LogP contribution in [0.3, 0.4) is 0 Å². The van der Waals surface area contributed by atoms with Gasteiger partial charge in [-0.2, -0.15) is 0 Å². The van der Waals surface area contributed by atoms with Gasteiger partial charge in [-0.1, -0.05) is 26.0 Å². The molecule has 1 N–H and O–H groups in total. The van der Waals surface area contributed by atoms with E-state index in [1.807, 2.05) is 13.8 Å². The lowest BCUT2D eigenvalue weighted by Crippen LogP contribution is -2.56. The van der Waals surface area contributed by atoms with E-state index >= 15 is 0 Å². The summed E-state index contributed by atoms with van der Waals surface area (Å²) >= 11 is 0. The van der Waals surface area contributed by atoms with Crippen LogP contribution in [0.25, 0.3) is 0 Å². The Bertz CT molecular complexity index is 1060. The van der Waals surface area contributed by atoms with Gasteiger partial charge in [-0.25, -0.2) is 4.90 Å². The first-order chi connectivity index (χ1) is 17.2. The highest BCUT2D eigenvalue weighted by Gasteiger charge is 2.47. The Balaban J connectivity index is 1.33. The number of ether oxygens (including phenoxy) is 1. The van der Waals surface area contributed by atoms with E-state index in [4.69, 9.17) is 4.74 Å². The van der Waals surface area contributed by atoms with Gasteiger partial charge in [-0.05, 0) is 50.4 Å². The molecule has 0 aliphatic carbocycles. The standard InChI is InChI=1S/C25H30N4O7/c1-15(2)21(27-11-5-6-12-27)22(32)26-13-20(31)36-14-28-19(30)10-9-18(25(28)35)29-23(33)16-7-3-4-8-17(16)24(29)34/h3-4,7-8,15,18,21H,5-6,9-14H2,1-2H3,(H,26,32)/t18-,21?/m0/s1. The Morgan fingerprint density at radius 1 is 1.03 bits per heavy atom. The number of nitrogens with one attached hydrogen (secondary N) is 1. The number of amides is 5. The number of esters is 1. The quantitative estimate of drug-likeness (QED) is 0.406. The van der Waals surface area contributed by atoms with Crippen LogP contribution in [0.15, 0.2) is 24.3 Å². The molecule has 5 amide bonds. The Morgan fingerprint density at radius 3 is 2.22 bits per heavy atom. The minimum absolute atomic E-state index is 0.00324. The molecule has 11 nitrogen and oxygen atoms in total. The first-order valence-electron chi connectivity index (χ1n) is 12.2. The van der Waals surface area contributed by atoms with Crippen molar-refractivity contribution in [2.24, 2.45) is 5.92 Å². The molecule has 1 aromatic rings. The number of nitrogens with zero attached hydrogens (tertiary/aromatic N) is 3. The molecule has 3 aliphatic heterocycles. The van der Waals surface area contributed by atoms with E-state index in [-0.39, 0.29) is 41.8 Å². The maximum Gasteiger partial charge on any atom is 0.327 e. The molecule has 2 fully saturated rings. The highest BCUT2D eigenvalue weighted by molar-refractivity contribution is 6.23. The summed E-state index contributed by atoms with van der Waals surface area (Å²) < 4.78 is 5.09. The van der Waals surface area contributed by atoms with Crippen molar-refractivity contribution in [3.8, 4) is 0 Å². The molecule has 0 bridgehead atoms. The van der Waals surface area contributed by atoms with Crippen LogP contribution < -0.4 is 5.32 Å². The molecular weight excluding hydrogens is 468 g/mol. The fraction of sp³-hybridized carbons (Fsp3) is 0.520. The lowest BCUT2D eigenvalue weighted by atomic mass is 10.0. The average Bonchev–Trinajstić information content (AvgIpc) is 3.45. The number of likely N-dealkylation sites (tertiary alicyclic amines) is 2. The summed E-state index contributed by atoms with van der Waals surface area (Å²) in [5.41, 5.74) is 0.407. The molecule has 0 spiro atoms. The maximum atomic E-state index is 13.0. The van der Waals surface area contributed by atoms with Crippen LogP contribution >= 0.6 is 0 Å². The highest BCUT2D eigenvalue weighted by Crippen LogP contribution is 2.29. The lowest BCUT2D eigenvalue weighted by molar-refractivity contribution is -0.163. The molecule has 1 aromatic carbocycles. The molecule has 0 radical (unpaired) electrons. The molecule has 1 unspecified atom stereocenters. The third-order valence-electron chi connectivity index (χ3n) is 6.82. The van der Waals surface area contributed by atoms with Crippen molar-refractivity contribution in [1.29, 1.82) is 0 Å². The molecule has 4 rings (SSSR count). The van der Waals surface area contributed by atoms with Gasteiger partial charge in [0, 0.05) is 6.42 Å². The minimum Gasteiger partial charge on any atom is -0.442 e. The van der Waals surface area contributed by atoms with Gasteiger partial charge in [0.15, 0.2) is 6.73 Å². The molecule has 3 heterocycles. The molecule has 11 heteroatoms. The zero-order valence-corrected chi connectivity index (χ0v) is 20.4. The minimum atomic E-state index is -1.17. The molecule has 0 saturated carbocycles. The number of carbonyl (C=O) groups is 6. The fourth-order valence-corrected chi connectivity index (χ4v) is 5.05. The van der Waals surface area contributed by atoms with Crippen molar-refractivity contribution in [1.82, 2.24) is 20.0 Å². The van der Waals surface area contributed by atoms with Crippen LogP contribution in [0, 0.1) is 5.92 Å². The monoisotopic (exact) mass is 498 g/mol. The van der Waals surface area contributed by atoms with Crippen molar-refractivity contribution < 1.29 is 33.5 Å². The van der Waals surface area contributed by atoms with E-state index in [0.29, 0.717) is 0 Å². The Kier molecular flexibility index (Phi) is 7.48. The van der Waals surface area contributed by atoms with E-state index in [2.05, 4.69) is 10.2 Å². The summed E-state index contributed by atoms with van der Waals surface area (Å²) in [4.78, 5) is 79.7. The van der Waals surface area contributed by atoms with Crippen LogP contribution in [0.2, 0.25) is 0 Å². The highest BCUT2D eigenvalue weighted by atomic mass is 16.5. The van der Waals surface area contributed by atoms with Crippen LogP contribution in [-0.2, 0) is 23.9 Å². The topological polar surface area (TPSA) is 133 Å². The predicted octanol–water partition coefficient (Wildman–Crippen LogP) is 0.538. The van der Waals surface area contributed by atoms with Crippen molar-refractivity contribution in [3.05, 3.63) is 35.4 Å². The first kappa shape index (κ1) is 25.5.